The number of nitrogens with one attached hydrogen (secondary N) is 2. The Balaban J connectivity index is 2.44. The van der Waals surface area contributed by atoms with E-state index < -0.39 is 4.58 Å². The van der Waals surface area contributed by atoms with E-state index in [0.717, 1.165) is 11.4 Å². The van der Waals surface area contributed by atoms with E-state index in [1.807, 2.05) is 6.07 Å². The average Bonchev–Trinajstić information content (AvgIpc) is 2.31. The van der Waals surface area contributed by atoms with Crippen LogP contribution in [0.25, 0.3) is 0 Å². The van der Waals surface area contributed by atoms with Crippen LogP contribution >= 0.6 is 23.2 Å². The van der Waals surface area contributed by atoms with E-state index in [2.05, 4.69) is 15.3 Å². The zero-order chi connectivity index (χ0) is 7.90. The summed E-state index contributed by atoms with van der Waals surface area (Å²) in [6, 6.07) is 1.88. The lowest BCUT2D eigenvalue weighted by Gasteiger charge is -2.20. The summed E-state index contributed by atoms with van der Waals surface area (Å²) in [4.78, 5) is 6.79. The molecular weight excluding hydrogens is 185 g/mol. The number of hydrogen-bond donors (Lipinski definition) is 2. The van der Waals surface area contributed by atoms with Crippen LogP contribution in [0.2, 0.25) is 0 Å². The summed E-state index contributed by atoms with van der Waals surface area (Å²) in [5.41, 5.74) is 0.960. The summed E-state index contributed by atoms with van der Waals surface area (Å²) in [5, 5.41) is 2.79. The van der Waals surface area contributed by atoms with Gasteiger partial charge in [0, 0.05) is 18.0 Å². The first-order valence-corrected chi connectivity index (χ1v) is 3.82. The van der Waals surface area contributed by atoms with E-state index in [1.54, 1.807) is 12.4 Å². The highest BCUT2D eigenvalue weighted by atomic mass is 35.5. The Morgan fingerprint density at radius 1 is 1.45 bits per heavy atom. The minimum absolute atomic E-state index is 0.796. The van der Waals surface area contributed by atoms with Crippen LogP contribution in [0.4, 0.5) is 5.82 Å². The molecule has 0 radical (unpaired) electrons. The van der Waals surface area contributed by atoms with Gasteiger partial charge in [-0.15, -0.1) is 0 Å². The minimum atomic E-state index is -1.22. The Hall–Kier alpha value is -0.670. The highest BCUT2D eigenvalue weighted by Crippen LogP contribution is 2.29. The van der Waals surface area contributed by atoms with Gasteiger partial charge in [-0.1, -0.05) is 23.2 Å². The molecule has 2 rings (SSSR count). The number of alkyl halides is 2. The molecule has 0 spiro atoms. The molecule has 11 heavy (non-hydrogen) atoms. The predicted molar refractivity (Wildman–Crippen MR) is 46.4 cm³/mol. The van der Waals surface area contributed by atoms with Crippen LogP contribution in [-0.4, -0.2) is 15.8 Å². The van der Waals surface area contributed by atoms with Gasteiger partial charge in [0.1, 0.15) is 5.82 Å². The number of rotatable bonds is 0. The zero-order valence-electron chi connectivity index (χ0n) is 5.44. The second kappa shape index (κ2) is 2.16. The number of anilines is 1. The molecule has 1 aromatic heterocycles. The SMILES string of the molecule is ClC1(Cl)N=Cc2cc[nH]c2N1. The smallest absolute Gasteiger partial charge is 0.286 e. The number of nitrogens with zero attached hydrogens (tertiary/aromatic N) is 1. The molecule has 0 saturated carbocycles. The Morgan fingerprint density at radius 3 is 3.09 bits per heavy atom. The van der Waals surface area contributed by atoms with E-state index in [1.165, 1.54) is 0 Å². The predicted octanol–water partition coefficient (Wildman–Crippen LogP) is 1.95. The van der Waals surface area contributed by atoms with Gasteiger partial charge in [0.2, 0.25) is 0 Å². The van der Waals surface area contributed by atoms with E-state index in [0.29, 0.717) is 0 Å². The Bertz CT molecular complexity index is 303. The average molecular weight is 190 g/mol. The molecule has 2 heterocycles. The van der Waals surface area contributed by atoms with Gasteiger partial charge in [-0.25, -0.2) is 4.99 Å². The standard InChI is InChI=1S/C6H5Cl2N3/c7-6(8)10-3-4-1-2-9-5(4)11-6/h1-3,9,11H. The van der Waals surface area contributed by atoms with Crippen LogP contribution in [0.1, 0.15) is 5.56 Å². The molecule has 0 bridgehead atoms. The van der Waals surface area contributed by atoms with Crippen molar-refractivity contribution in [1.29, 1.82) is 0 Å². The summed E-state index contributed by atoms with van der Waals surface area (Å²) in [7, 11) is 0. The molecule has 0 aliphatic carbocycles. The largest absolute Gasteiger partial charge is 0.348 e. The topological polar surface area (TPSA) is 40.2 Å². The minimum Gasteiger partial charge on any atom is -0.348 e. The first-order valence-electron chi connectivity index (χ1n) is 3.06. The monoisotopic (exact) mass is 189 g/mol. The van der Waals surface area contributed by atoms with Gasteiger partial charge in [0.05, 0.1) is 0 Å². The molecule has 0 fully saturated rings. The molecule has 0 unspecified atom stereocenters. The van der Waals surface area contributed by atoms with Crippen molar-refractivity contribution in [3.63, 3.8) is 0 Å². The van der Waals surface area contributed by atoms with Gasteiger partial charge in [0.25, 0.3) is 4.58 Å². The molecule has 2 N–H and O–H groups in total. The summed E-state index contributed by atoms with van der Waals surface area (Å²) >= 11 is 11.4. The maximum Gasteiger partial charge on any atom is 0.286 e. The van der Waals surface area contributed by atoms with Gasteiger partial charge >= 0.3 is 0 Å². The Kier molecular flexibility index (Phi) is 1.37. The molecule has 0 atom stereocenters. The summed E-state index contributed by atoms with van der Waals surface area (Å²) in [5.74, 6) is 0.796. The van der Waals surface area contributed by atoms with E-state index in [-0.39, 0.29) is 0 Å². The molecule has 0 saturated heterocycles. The lowest BCUT2D eigenvalue weighted by molar-refractivity contribution is 0.936. The van der Waals surface area contributed by atoms with Crippen molar-refractivity contribution < 1.29 is 0 Å². The number of aromatic nitrogens is 1. The number of aromatic amines is 1. The van der Waals surface area contributed by atoms with Crippen LogP contribution in [-0.2, 0) is 0 Å². The van der Waals surface area contributed by atoms with Gasteiger partial charge in [-0.2, -0.15) is 0 Å². The van der Waals surface area contributed by atoms with Crippen LogP contribution in [0.3, 0.4) is 0 Å². The van der Waals surface area contributed by atoms with Crippen LogP contribution < -0.4 is 5.32 Å². The fourth-order valence-electron chi connectivity index (χ4n) is 0.931. The third-order valence-corrected chi connectivity index (χ3v) is 1.80. The highest BCUT2D eigenvalue weighted by molar-refractivity contribution is 6.49. The molecule has 0 amide bonds. The van der Waals surface area contributed by atoms with Crippen LogP contribution in [0, 0.1) is 0 Å². The second-order valence-electron chi connectivity index (χ2n) is 2.23. The van der Waals surface area contributed by atoms with E-state index in [4.69, 9.17) is 23.2 Å². The first-order chi connectivity index (χ1) is 5.17. The van der Waals surface area contributed by atoms with Gasteiger partial charge in [-0.3, -0.25) is 0 Å². The van der Waals surface area contributed by atoms with Crippen molar-refractivity contribution in [2.75, 3.05) is 5.32 Å². The first kappa shape index (κ1) is 7.00. The van der Waals surface area contributed by atoms with Crippen molar-refractivity contribution in [3.8, 4) is 0 Å². The quantitative estimate of drug-likeness (QED) is 0.476. The van der Waals surface area contributed by atoms with Crippen LogP contribution in [0.5, 0.6) is 0 Å². The fourth-order valence-corrected chi connectivity index (χ4v) is 1.22. The van der Waals surface area contributed by atoms with E-state index >= 15 is 0 Å². The van der Waals surface area contributed by atoms with Crippen molar-refractivity contribution in [3.05, 3.63) is 17.8 Å². The number of hydrogen-bond acceptors (Lipinski definition) is 2. The van der Waals surface area contributed by atoms with Gasteiger partial charge < -0.3 is 10.3 Å². The number of halogens is 2. The fraction of sp³-hybridized carbons (Fsp3) is 0.167. The Morgan fingerprint density at radius 2 is 2.27 bits per heavy atom. The maximum absolute atomic E-state index is 5.69. The zero-order valence-corrected chi connectivity index (χ0v) is 6.95. The number of H-pyrrole nitrogens is 1. The maximum atomic E-state index is 5.69. The molecule has 1 aliphatic heterocycles. The Labute approximate surface area is 73.4 Å². The molecule has 5 heteroatoms. The second-order valence-corrected chi connectivity index (χ2v) is 3.52. The lowest BCUT2D eigenvalue weighted by atomic mass is 10.3. The summed E-state index contributed by atoms with van der Waals surface area (Å²) in [6.07, 6.45) is 3.42. The summed E-state index contributed by atoms with van der Waals surface area (Å²) < 4.78 is -1.22. The number of fused-ring (bicyclic) bond motifs is 1. The van der Waals surface area contributed by atoms with Gasteiger partial charge in [0.15, 0.2) is 0 Å². The van der Waals surface area contributed by atoms with E-state index in [9.17, 15) is 0 Å². The third kappa shape index (κ3) is 1.21. The van der Waals surface area contributed by atoms with Crippen molar-refractivity contribution >= 4 is 35.2 Å². The van der Waals surface area contributed by atoms with Gasteiger partial charge in [-0.05, 0) is 6.07 Å². The molecular formula is C6H5Cl2N3. The summed E-state index contributed by atoms with van der Waals surface area (Å²) in [6.45, 7) is 0. The molecule has 3 nitrogen and oxygen atoms in total. The molecule has 58 valence electrons. The molecule has 1 aliphatic rings. The lowest BCUT2D eigenvalue weighted by Crippen LogP contribution is -2.26. The van der Waals surface area contributed by atoms with Crippen molar-refractivity contribution in [1.82, 2.24) is 4.98 Å². The van der Waals surface area contributed by atoms with Crippen molar-refractivity contribution in [2.45, 2.75) is 4.58 Å². The highest BCUT2D eigenvalue weighted by Gasteiger charge is 2.26. The number of aliphatic imine (C=N–C) groups is 1. The molecule has 1 aromatic rings. The molecule has 0 aromatic carbocycles. The third-order valence-electron chi connectivity index (χ3n) is 1.42. The normalized spacial score (nSPS) is 19.1. The van der Waals surface area contributed by atoms with Crippen LogP contribution in [0.15, 0.2) is 17.3 Å². The van der Waals surface area contributed by atoms with Crippen molar-refractivity contribution in [2.24, 2.45) is 4.99 Å².